The van der Waals surface area contributed by atoms with Gasteiger partial charge in [0.2, 0.25) is 0 Å². The lowest BCUT2D eigenvalue weighted by molar-refractivity contribution is 0.0927. The molecule has 0 radical (unpaired) electrons. The molecule has 2 aromatic rings. The van der Waals surface area contributed by atoms with Crippen LogP contribution < -0.4 is 11.1 Å². The van der Waals surface area contributed by atoms with Crippen LogP contribution in [0.15, 0.2) is 24.4 Å². The van der Waals surface area contributed by atoms with Crippen LogP contribution in [0.2, 0.25) is 0 Å². The molecule has 0 bridgehead atoms. The molecule has 1 atom stereocenters. The highest BCUT2D eigenvalue weighted by Crippen LogP contribution is 2.21. The third kappa shape index (κ3) is 2.79. The number of hydrogen-bond donors (Lipinski definition) is 3. The number of fused-ring (bicyclic) bond motifs is 1. The van der Waals surface area contributed by atoms with Crippen LogP contribution in [-0.4, -0.2) is 16.9 Å². The van der Waals surface area contributed by atoms with E-state index in [0.717, 1.165) is 23.7 Å². The molecule has 0 spiro atoms. The van der Waals surface area contributed by atoms with Gasteiger partial charge >= 0.3 is 0 Å². The number of benzene rings is 1. The number of nitrogens with one attached hydrogen (secondary N) is 2. The normalized spacial score (nSPS) is 12.8. The van der Waals surface area contributed by atoms with Gasteiger partial charge in [-0.15, -0.1) is 0 Å². The molecule has 4 nitrogen and oxygen atoms in total. The minimum Gasteiger partial charge on any atom is -0.399 e. The fraction of sp³-hybridized carbons (Fsp3) is 0.438. The van der Waals surface area contributed by atoms with Crippen LogP contribution in [-0.2, 0) is 0 Å². The lowest BCUT2D eigenvalue weighted by Crippen LogP contribution is -2.37. The minimum atomic E-state index is -0.0405. The van der Waals surface area contributed by atoms with Gasteiger partial charge < -0.3 is 16.0 Å². The summed E-state index contributed by atoms with van der Waals surface area (Å²) in [6.45, 7) is 6.38. The quantitative estimate of drug-likeness (QED) is 0.731. The highest BCUT2D eigenvalue weighted by atomic mass is 16.1. The van der Waals surface area contributed by atoms with Crippen molar-refractivity contribution >= 4 is 22.5 Å². The van der Waals surface area contributed by atoms with E-state index in [0.29, 0.717) is 17.2 Å². The Bertz CT molecular complexity index is 599. The number of anilines is 1. The first kappa shape index (κ1) is 14.4. The largest absolute Gasteiger partial charge is 0.399 e. The molecule has 2 rings (SSSR count). The second-order valence-corrected chi connectivity index (χ2v) is 5.35. The van der Waals surface area contributed by atoms with Gasteiger partial charge in [-0.1, -0.05) is 26.7 Å². The van der Waals surface area contributed by atoms with Crippen molar-refractivity contribution < 1.29 is 4.79 Å². The first-order valence-corrected chi connectivity index (χ1v) is 7.24. The summed E-state index contributed by atoms with van der Waals surface area (Å²) >= 11 is 0. The van der Waals surface area contributed by atoms with Gasteiger partial charge in [-0.3, -0.25) is 4.79 Å². The molecular formula is C16H23N3O. The van der Waals surface area contributed by atoms with E-state index in [9.17, 15) is 4.79 Å². The van der Waals surface area contributed by atoms with Crippen LogP contribution in [0.5, 0.6) is 0 Å². The Morgan fingerprint density at radius 3 is 2.70 bits per heavy atom. The number of nitrogen functional groups attached to an aromatic ring is 1. The zero-order chi connectivity index (χ0) is 14.7. The number of hydrogen-bond acceptors (Lipinski definition) is 2. The third-order valence-electron chi connectivity index (χ3n) is 4.07. The first-order chi connectivity index (χ1) is 9.56. The minimum absolute atomic E-state index is 0.0405. The van der Waals surface area contributed by atoms with E-state index in [1.54, 1.807) is 6.20 Å². The molecule has 0 saturated heterocycles. The van der Waals surface area contributed by atoms with Crippen molar-refractivity contribution in [2.45, 2.75) is 39.7 Å². The molecule has 4 heteroatoms. The summed E-state index contributed by atoms with van der Waals surface area (Å²) in [6.07, 6.45) is 3.89. The lowest BCUT2D eigenvalue weighted by Gasteiger charge is -2.22. The predicted octanol–water partition coefficient (Wildman–Crippen LogP) is 3.30. The third-order valence-corrected chi connectivity index (χ3v) is 4.07. The van der Waals surface area contributed by atoms with E-state index >= 15 is 0 Å². The SMILES string of the molecule is CCC(CC)C(C)NC(=O)c1c[nH]c2ccc(N)cc12. The molecule has 4 N–H and O–H groups in total. The zero-order valence-electron chi connectivity index (χ0n) is 12.4. The number of amides is 1. The van der Waals surface area contributed by atoms with Crippen molar-refractivity contribution in [3.05, 3.63) is 30.0 Å². The van der Waals surface area contributed by atoms with Crippen molar-refractivity contribution in [3.8, 4) is 0 Å². The standard InChI is InChI=1S/C16H23N3O/c1-4-11(5-2)10(3)19-16(20)14-9-18-15-7-6-12(17)8-13(14)15/h6-11,18H,4-5,17H2,1-3H3,(H,19,20). The average molecular weight is 273 g/mol. The number of carbonyl (C=O) groups is 1. The fourth-order valence-electron chi connectivity index (χ4n) is 2.72. The van der Waals surface area contributed by atoms with Crippen LogP contribution in [0.4, 0.5) is 5.69 Å². The number of H-pyrrole nitrogens is 1. The maximum absolute atomic E-state index is 12.4. The predicted molar refractivity (Wildman–Crippen MR) is 83.7 cm³/mol. The zero-order valence-corrected chi connectivity index (χ0v) is 12.4. The fourth-order valence-corrected chi connectivity index (χ4v) is 2.72. The Morgan fingerprint density at radius 1 is 1.35 bits per heavy atom. The number of aromatic nitrogens is 1. The molecule has 108 valence electrons. The highest BCUT2D eigenvalue weighted by molar-refractivity contribution is 6.07. The van der Waals surface area contributed by atoms with Crippen LogP contribution in [0.3, 0.4) is 0 Å². The van der Waals surface area contributed by atoms with Crippen molar-refractivity contribution in [1.82, 2.24) is 10.3 Å². The van der Waals surface area contributed by atoms with E-state index in [4.69, 9.17) is 5.73 Å². The molecule has 0 aliphatic rings. The lowest BCUT2D eigenvalue weighted by atomic mass is 9.95. The molecule has 1 aromatic carbocycles. The summed E-state index contributed by atoms with van der Waals surface area (Å²) in [5.74, 6) is 0.468. The molecule has 1 amide bonds. The number of rotatable bonds is 5. The van der Waals surface area contributed by atoms with Crippen LogP contribution in [0.25, 0.3) is 10.9 Å². The molecule has 20 heavy (non-hydrogen) atoms. The number of carbonyl (C=O) groups excluding carboxylic acids is 1. The van der Waals surface area contributed by atoms with Crippen LogP contribution in [0, 0.1) is 5.92 Å². The molecule has 1 unspecified atom stereocenters. The van der Waals surface area contributed by atoms with Crippen molar-refractivity contribution in [2.24, 2.45) is 5.92 Å². The van der Waals surface area contributed by atoms with Gasteiger partial charge in [-0.2, -0.15) is 0 Å². The van der Waals surface area contributed by atoms with Gasteiger partial charge in [0.25, 0.3) is 5.91 Å². The molecule has 1 aromatic heterocycles. The number of nitrogens with two attached hydrogens (primary N) is 1. The van der Waals surface area contributed by atoms with E-state index < -0.39 is 0 Å². The van der Waals surface area contributed by atoms with Crippen molar-refractivity contribution in [2.75, 3.05) is 5.73 Å². The van der Waals surface area contributed by atoms with Crippen molar-refractivity contribution in [3.63, 3.8) is 0 Å². The Morgan fingerprint density at radius 2 is 2.05 bits per heavy atom. The molecule has 0 saturated carbocycles. The molecule has 1 heterocycles. The van der Waals surface area contributed by atoms with E-state index in [1.165, 1.54) is 0 Å². The monoisotopic (exact) mass is 273 g/mol. The van der Waals surface area contributed by atoms with E-state index in [1.807, 2.05) is 18.2 Å². The molecule has 0 fully saturated rings. The summed E-state index contributed by atoms with van der Waals surface area (Å²) in [7, 11) is 0. The Labute approximate surface area is 119 Å². The van der Waals surface area contributed by atoms with Crippen LogP contribution >= 0.6 is 0 Å². The van der Waals surface area contributed by atoms with Gasteiger partial charge in [0.1, 0.15) is 0 Å². The Balaban J connectivity index is 2.21. The number of aromatic amines is 1. The molecule has 0 aliphatic carbocycles. The summed E-state index contributed by atoms with van der Waals surface area (Å²) in [5.41, 5.74) is 8.05. The van der Waals surface area contributed by atoms with Crippen LogP contribution in [0.1, 0.15) is 44.0 Å². The average Bonchev–Trinajstić information content (AvgIpc) is 2.82. The second-order valence-electron chi connectivity index (χ2n) is 5.35. The highest BCUT2D eigenvalue weighted by Gasteiger charge is 2.18. The van der Waals surface area contributed by atoms with Gasteiger partial charge in [0, 0.05) is 28.8 Å². The Hall–Kier alpha value is -1.97. The summed E-state index contributed by atoms with van der Waals surface area (Å²) in [5, 5.41) is 3.97. The second kappa shape index (κ2) is 5.99. The molecular weight excluding hydrogens is 250 g/mol. The Kier molecular flexibility index (Phi) is 4.32. The van der Waals surface area contributed by atoms with E-state index in [-0.39, 0.29) is 11.9 Å². The maximum Gasteiger partial charge on any atom is 0.253 e. The summed E-state index contributed by atoms with van der Waals surface area (Å²) in [6, 6.07) is 5.73. The van der Waals surface area contributed by atoms with Gasteiger partial charge in [0.15, 0.2) is 0 Å². The van der Waals surface area contributed by atoms with Gasteiger partial charge in [-0.05, 0) is 31.0 Å². The van der Waals surface area contributed by atoms with Crippen molar-refractivity contribution in [1.29, 1.82) is 0 Å². The van der Waals surface area contributed by atoms with Gasteiger partial charge in [-0.25, -0.2) is 0 Å². The molecule has 0 aliphatic heterocycles. The summed E-state index contributed by atoms with van der Waals surface area (Å²) in [4.78, 5) is 15.5. The maximum atomic E-state index is 12.4. The topological polar surface area (TPSA) is 70.9 Å². The first-order valence-electron chi connectivity index (χ1n) is 7.24. The van der Waals surface area contributed by atoms with Gasteiger partial charge in [0.05, 0.1) is 5.56 Å². The summed E-state index contributed by atoms with van der Waals surface area (Å²) < 4.78 is 0. The smallest absolute Gasteiger partial charge is 0.253 e. The van der Waals surface area contributed by atoms with E-state index in [2.05, 4.69) is 31.1 Å².